The quantitative estimate of drug-likeness (QED) is 0.193. The van der Waals surface area contributed by atoms with E-state index in [-0.39, 0.29) is 6.44 Å². The number of hydrogen-bond acceptors (Lipinski definition) is 2. The molecule has 0 atom stereocenters. The number of ketones is 2. The molecule has 120 valence electrons. The summed E-state index contributed by atoms with van der Waals surface area (Å²) in [6.45, 7) is 3.79. The van der Waals surface area contributed by atoms with Crippen LogP contribution in [0.5, 0.6) is 0 Å². The van der Waals surface area contributed by atoms with Gasteiger partial charge in [-0.05, 0) is 0 Å². The van der Waals surface area contributed by atoms with Crippen LogP contribution in [0.1, 0.15) is 31.8 Å². The molecule has 0 aliphatic rings. The molecule has 0 amide bonds. The minimum absolute atomic E-state index is 0.0582. The first-order chi connectivity index (χ1) is 12.0. The van der Waals surface area contributed by atoms with Crippen LogP contribution in [0.25, 0.3) is 11.1 Å². The van der Waals surface area contributed by atoms with Gasteiger partial charge in [0.15, 0.2) is 0 Å². The Labute approximate surface area is 157 Å². The zero-order valence-corrected chi connectivity index (χ0v) is 19.4. The topological polar surface area (TPSA) is 107 Å². The van der Waals surface area contributed by atoms with Gasteiger partial charge in [-0.25, -0.2) is 0 Å². The number of benzene rings is 2. The second kappa shape index (κ2) is 8.54. The van der Waals surface area contributed by atoms with Crippen molar-refractivity contribution in [3.05, 3.63) is 81.8 Å². The second-order valence-electron chi connectivity index (χ2n) is 5.66. The van der Waals surface area contributed by atoms with E-state index in [1.54, 1.807) is 48.5 Å². The Morgan fingerprint density at radius 2 is 1.04 bits per heavy atom. The molecule has 0 radical (unpaired) electrons. The maximum absolute atomic E-state index is 12.5. The molecule has 2 aromatic carbocycles. The second-order valence-corrected chi connectivity index (χ2v) is 12.2. The van der Waals surface area contributed by atoms with Gasteiger partial charge in [-0.3, -0.25) is 0 Å². The van der Waals surface area contributed by atoms with E-state index in [1.807, 2.05) is 13.8 Å². The number of aryl methyl sites for hydroxylation is 2. The number of carbonyl (C=O) groups excluding carboxylic acids is 2. The van der Waals surface area contributed by atoms with Crippen LogP contribution < -0.4 is 0 Å². The van der Waals surface area contributed by atoms with Gasteiger partial charge in [-0.2, -0.15) is 0 Å². The molecule has 7 heteroatoms. The summed E-state index contributed by atoms with van der Waals surface area (Å²) in [5, 5.41) is 0. The van der Waals surface area contributed by atoms with Crippen LogP contribution in [0.4, 0.5) is 0 Å². The first kappa shape index (κ1) is 18.8. The summed E-state index contributed by atoms with van der Waals surface area (Å²) in [6.07, 6.45) is 0. The zero-order chi connectivity index (χ0) is 18.4. The van der Waals surface area contributed by atoms with E-state index < -0.39 is 36.1 Å². The summed E-state index contributed by atoms with van der Waals surface area (Å²) in [5.74, 6) is -0.885. The molecule has 0 fully saturated rings. The molecule has 0 saturated carbocycles. The van der Waals surface area contributed by atoms with Crippen LogP contribution >= 0.6 is 0 Å². The van der Waals surface area contributed by atoms with Crippen LogP contribution in [-0.4, -0.2) is 27.6 Å². The third kappa shape index (κ3) is 4.73. The van der Waals surface area contributed by atoms with Crippen LogP contribution in [0.3, 0.4) is 0 Å². The first-order valence-electron chi connectivity index (χ1n) is 7.61. The van der Waals surface area contributed by atoms with Gasteiger partial charge in [0.25, 0.3) is 0 Å². The van der Waals surface area contributed by atoms with Crippen molar-refractivity contribution in [2.24, 2.45) is 0 Å². The van der Waals surface area contributed by atoms with Crippen molar-refractivity contribution in [3.63, 3.8) is 0 Å². The van der Waals surface area contributed by atoms with E-state index in [1.165, 1.54) is 0 Å². The molecule has 2 rings (SSSR count). The number of nitrogens with zero attached hydrogens (tertiary/aromatic N) is 4. The molecular formula is C18H14HgN4O2. The summed E-state index contributed by atoms with van der Waals surface area (Å²) in [7, 11) is 0. The van der Waals surface area contributed by atoms with Gasteiger partial charge in [0.1, 0.15) is 0 Å². The number of hydrogen-bond donors (Lipinski definition) is 0. The number of Topliss-reactive ketones (excluding diaryl/α,β-unsaturated/α-hetero) is 2. The average Bonchev–Trinajstić information content (AvgIpc) is 2.63. The third-order valence-electron chi connectivity index (χ3n) is 3.73. The normalized spacial score (nSPS) is 9.36. The molecule has 0 aromatic heterocycles. The van der Waals surface area contributed by atoms with Crippen molar-refractivity contribution < 1.29 is 43.7 Å². The van der Waals surface area contributed by atoms with Gasteiger partial charge < -0.3 is 0 Å². The van der Waals surface area contributed by atoms with E-state index >= 15 is 0 Å². The Morgan fingerprint density at radius 1 is 0.720 bits per heavy atom. The molecule has 0 saturated heterocycles. The van der Waals surface area contributed by atoms with E-state index in [4.69, 9.17) is 0 Å². The molecule has 0 spiro atoms. The van der Waals surface area contributed by atoms with Crippen LogP contribution in [0.2, 0.25) is 0 Å². The Balaban J connectivity index is 2.24. The molecule has 6 nitrogen and oxygen atoms in total. The maximum atomic E-state index is 12.5. The first-order valence-corrected chi connectivity index (χ1v) is 13.1. The number of rotatable bonds is 6. The Kier molecular flexibility index (Phi) is 6.42. The van der Waals surface area contributed by atoms with Crippen molar-refractivity contribution in [3.8, 4) is 0 Å². The van der Waals surface area contributed by atoms with Gasteiger partial charge in [-0.1, -0.05) is 0 Å². The fourth-order valence-corrected chi connectivity index (χ4v) is 6.84. The predicted molar refractivity (Wildman–Crippen MR) is 88.3 cm³/mol. The minimum atomic E-state index is -2.75. The summed E-state index contributed by atoms with van der Waals surface area (Å²) in [5.41, 5.74) is 21.2. The molecule has 0 heterocycles. The van der Waals surface area contributed by atoms with Crippen molar-refractivity contribution >= 4 is 18.0 Å². The standard InChI is InChI=1S/2C9H7N2O.Hg/c2*1-7-2-4-8(5-3-7)9(12)6-11-10;/h2*2-5H,1H3;. The molecule has 2 aromatic rings. The monoisotopic (exact) mass is 520 g/mol. The van der Waals surface area contributed by atoms with Crippen LogP contribution in [-0.2, 0) is 24.6 Å². The summed E-state index contributed by atoms with van der Waals surface area (Å²) >= 11 is -2.75. The fraction of sp³-hybridized carbons (Fsp3) is 0.111. The van der Waals surface area contributed by atoms with E-state index in [2.05, 4.69) is 9.58 Å². The van der Waals surface area contributed by atoms with Crippen LogP contribution in [0, 0.1) is 13.8 Å². The van der Waals surface area contributed by atoms with Gasteiger partial charge in [-0.15, -0.1) is 0 Å². The Morgan fingerprint density at radius 3 is 1.32 bits per heavy atom. The third-order valence-corrected chi connectivity index (χ3v) is 9.93. The van der Waals surface area contributed by atoms with Gasteiger partial charge in [0.2, 0.25) is 0 Å². The zero-order valence-electron chi connectivity index (χ0n) is 13.9. The fourth-order valence-electron chi connectivity index (χ4n) is 2.22. The SMILES string of the molecule is Cc1ccc(C(=O)[C](=[N+]=[N-])[Hg][C](=[N+]=[N-])C(=O)c2ccc(C)cc2)cc1. The predicted octanol–water partition coefficient (Wildman–Crippen LogP) is 2.71. The van der Waals surface area contributed by atoms with Crippen molar-refractivity contribution in [1.29, 1.82) is 0 Å². The summed E-state index contributed by atoms with van der Waals surface area (Å²) in [6, 6.07) is 13.6. The number of carbonyl (C=O) groups is 2. The molecule has 0 bridgehead atoms. The van der Waals surface area contributed by atoms with Crippen LogP contribution in [0.15, 0.2) is 48.5 Å². The van der Waals surface area contributed by atoms with E-state index in [0.29, 0.717) is 11.1 Å². The molecule has 0 aliphatic heterocycles. The van der Waals surface area contributed by atoms with Gasteiger partial charge in [0, 0.05) is 0 Å². The van der Waals surface area contributed by atoms with E-state index in [0.717, 1.165) is 11.1 Å². The molecule has 0 N–H and O–H groups in total. The Bertz CT molecular complexity index is 843. The Hall–Kier alpha value is -2.52. The molecule has 0 aliphatic carbocycles. The van der Waals surface area contributed by atoms with Crippen molar-refractivity contribution in [1.82, 2.24) is 0 Å². The molecular weight excluding hydrogens is 505 g/mol. The average molecular weight is 519 g/mol. The van der Waals surface area contributed by atoms with Gasteiger partial charge in [0.05, 0.1) is 0 Å². The van der Waals surface area contributed by atoms with Gasteiger partial charge >= 0.3 is 157 Å². The molecule has 0 unspecified atom stereocenters. The van der Waals surface area contributed by atoms with Crippen molar-refractivity contribution in [2.75, 3.05) is 0 Å². The molecule has 25 heavy (non-hydrogen) atoms. The van der Waals surface area contributed by atoms with E-state index in [9.17, 15) is 20.7 Å². The van der Waals surface area contributed by atoms with Crippen molar-refractivity contribution in [2.45, 2.75) is 13.8 Å². The summed E-state index contributed by atoms with van der Waals surface area (Å²) < 4.78 is -0.116. The summed E-state index contributed by atoms with van der Waals surface area (Å²) in [4.78, 5) is 31.1.